The van der Waals surface area contributed by atoms with E-state index in [9.17, 15) is 4.39 Å². The van der Waals surface area contributed by atoms with Gasteiger partial charge in [0.2, 0.25) is 5.88 Å². The maximum atomic E-state index is 14.4. The summed E-state index contributed by atoms with van der Waals surface area (Å²) in [5.41, 5.74) is 0.593. The maximum absolute atomic E-state index is 14.4. The molecule has 3 atom stereocenters. The van der Waals surface area contributed by atoms with E-state index in [1.54, 1.807) is 18.3 Å². The Hall–Kier alpha value is -2.57. The summed E-state index contributed by atoms with van der Waals surface area (Å²) in [7, 11) is 0. The van der Waals surface area contributed by atoms with Crippen LogP contribution in [-0.4, -0.2) is 48.9 Å². The highest BCUT2D eigenvalue weighted by Gasteiger charge is 2.29. The second kappa shape index (κ2) is 9.06. The molecule has 1 aromatic heterocycles. The second-order valence-electron chi connectivity index (χ2n) is 8.47. The molecule has 0 aliphatic carbocycles. The first kappa shape index (κ1) is 20.7. The third kappa shape index (κ3) is 4.60. The Bertz CT molecular complexity index is 848. The van der Waals surface area contributed by atoms with Crippen LogP contribution in [0, 0.1) is 17.7 Å². The predicted octanol–water partition coefficient (Wildman–Crippen LogP) is 4.15. The van der Waals surface area contributed by atoms with Crippen LogP contribution in [0.4, 0.5) is 15.9 Å². The third-order valence-corrected chi connectivity index (χ3v) is 6.03. The van der Waals surface area contributed by atoms with Crippen LogP contribution in [0.3, 0.4) is 0 Å². The molecule has 0 spiro atoms. The molecule has 0 amide bonds. The number of piperidine rings is 1. The van der Waals surface area contributed by atoms with Crippen molar-refractivity contribution in [2.75, 3.05) is 42.6 Å². The number of nitrogens with zero attached hydrogens (tertiary/aromatic N) is 4. The van der Waals surface area contributed by atoms with Crippen LogP contribution in [0.2, 0.25) is 0 Å². The van der Waals surface area contributed by atoms with Crippen molar-refractivity contribution in [1.82, 2.24) is 9.97 Å². The van der Waals surface area contributed by atoms with Crippen molar-refractivity contribution in [3.05, 3.63) is 36.4 Å². The molecule has 2 aliphatic rings. The van der Waals surface area contributed by atoms with Gasteiger partial charge in [0.1, 0.15) is 23.5 Å². The van der Waals surface area contributed by atoms with Gasteiger partial charge < -0.3 is 19.3 Å². The van der Waals surface area contributed by atoms with Crippen molar-refractivity contribution >= 4 is 11.5 Å². The fourth-order valence-electron chi connectivity index (χ4n) is 4.34. The molecule has 7 heteroatoms. The normalized spacial score (nSPS) is 24.2. The number of aromatic nitrogens is 2. The number of ether oxygens (including phenoxy) is 2. The lowest BCUT2D eigenvalue weighted by atomic mass is 9.96. The molecule has 30 heavy (non-hydrogen) atoms. The van der Waals surface area contributed by atoms with Crippen molar-refractivity contribution in [2.24, 2.45) is 11.8 Å². The minimum atomic E-state index is -0.220. The van der Waals surface area contributed by atoms with Gasteiger partial charge in [-0.05, 0) is 31.4 Å². The standard InChI is InChI=1S/C23H31FN4O2/c1-4-29-18-5-6-19(24)20(11-18)27-10-8-21(17(3)15-27)30-23-13-25-22(12-26-23)28-9-7-16(2)14-28/h5-6,11-13,16-17,21H,4,7-10,14-15H2,1-3H3/t16?,17-,21-/m1/s1. The minimum absolute atomic E-state index is 0.0337. The number of rotatable bonds is 6. The van der Waals surface area contributed by atoms with E-state index in [-0.39, 0.29) is 17.8 Å². The van der Waals surface area contributed by atoms with Crippen molar-refractivity contribution < 1.29 is 13.9 Å². The molecular formula is C23H31FN4O2. The largest absolute Gasteiger partial charge is 0.494 e. The first-order valence-electron chi connectivity index (χ1n) is 10.9. The van der Waals surface area contributed by atoms with Gasteiger partial charge in [0.25, 0.3) is 0 Å². The van der Waals surface area contributed by atoms with E-state index in [0.29, 0.717) is 36.4 Å². The average Bonchev–Trinajstić information content (AvgIpc) is 3.18. The number of halogens is 1. The lowest BCUT2D eigenvalue weighted by Gasteiger charge is -2.38. The van der Waals surface area contributed by atoms with Gasteiger partial charge in [-0.2, -0.15) is 0 Å². The Labute approximate surface area is 178 Å². The van der Waals surface area contributed by atoms with Gasteiger partial charge in [-0.15, -0.1) is 0 Å². The van der Waals surface area contributed by atoms with E-state index in [1.165, 1.54) is 12.5 Å². The number of hydrogen-bond acceptors (Lipinski definition) is 6. The molecule has 2 aromatic rings. The molecular weight excluding hydrogens is 383 g/mol. The van der Waals surface area contributed by atoms with Gasteiger partial charge >= 0.3 is 0 Å². The molecule has 2 aliphatic heterocycles. The zero-order valence-corrected chi connectivity index (χ0v) is 18.1. The summed E-state index contributed by atoms with van der Waals surface area (Å²) in [4.78, 5) is 13.4. The van der Waals surface area contributed by atoms with E-state index in [1.807, 2.05) is 13.1 Å². The van der Waals surface area contributed by atoms with Crippen molar-refractivity contribution in [3.63, 3.8) is 0 Å². The molecule has 1 unspecified atom stereocenters. The molecule has 162 valence electrons. The van der Waals surface area contributed by atoms with Gasteiger partial charge in [0.15, 0.2) is 0 Å². The van der Waals surface area contributed by atoms with Crippen LogP contribution < -0.4 is 19.3 Å². The summed E-state index contributed by atoms with van der Waals surface area (Å²) in [6.07, 6.45) is 5.56. The zero-order valence-electron chi connectivity index (χ0n) is 18.1. The van der Waals surface area contributed by atoms with E-state index < -0.39 is 0 Å². The Balaban J connectivity index is 1.36. The Morgan fingerprint density at radius 2 is 1.90 bits per heavy atom. The smallest absolute Gasteiger partial charge is 0.232 e. The molecule has 0 N–H and O–H groups in total. The zero-order chi connectivity index (χ0) is 21.1. The van der Waals surface area contributed by atoms with Crippen LogP contribution in [0.25, 0.3) is 0 Å². The minimum Gasteiger partial charge on any atom is -0.494 e. The maximum Gasteiger partial charge on any atom is 0.232 e. The summed E-state index contributed by atoms with van der Waals surface area (Å²) in [6.45, 7) is 10.4. The van der Waals surface area contributed by atoms with Crippen LogP contribution in [0.5, 0.6) is 11.6 Å². The van der Waals surface area contributed by atoms with Gasteiger partial charge in [0.05, 0.1) is 24.7 Å². The molecule has 0 bridgehead atoms. The third-order valence-electron chi connectivity index (χ3n) is 6.03. The summed E-state index contributed by atoms with van der Waals surface area (Å²) < 4.78 is 26.1. The highest BCUT2D eigenvalue weighted by molar-refractivity contribution is 5.52. The Kier molecular flexibility index (Phi) is 6.25. The lowest BCUT2D eigenvalue weighted by Crippen LogP contribution is -2.44. The van der Waals surface area contributed by atoms with Gasteiger partial charge in [0, 0.05) is 44.6 Å². The Morgan fingerprint density at radius 1 is 1.07 bits per heavy atom. The molecule has 6 nitrogen and oxygen atoms in total. The van der Waals surface area contributed by atoms with Crippen molar-refractivity contribution in [1.29, 1.82) is 0 Å². The summed E-state index contributed by atoms with van der Waals surface area (Å²) in [5.74, 6) is 2.88. The summed E-state index contributed by atoms with van der Waals surface area (Å²) in [6, 6.07) is 4.94. The van der Waals surface area contributed by atoms with Crippen LogP contribution in [0.15, 0.2) is 30.6 Å². The van der Waals surface area contributed by atoms with Crippen molar-refractivity contribution in [2.45, 2.75) is 39.7 Å². The van der Waals surface area contributed by atoms with E-state index in [0.717, 1.165) is 31.9 Å². The first-order chi connectivity index (χ1) is 14.5. The highest BCUT2D eigenvalue weighted by atomic mass is 19.1. The molecule has 4 rings (SSSR count). The van der Waals surface area contributed by atoms with Gasteiger partial charge in [-0.3, -0.25) is 0 Å². The first-order valence-corrected chi connectivity index (χ1v) is 10.9. The quantitative estimate of drug-likeness (QED) is 0.708. The molecule has 3 heterocycles. The monoisotopic (exact) mass is 414 g/mol. The summed E-state index contributed by atoms with van der Waals surface area (Å²) >= 11 is 0. The lowest BCUT2D eigenvalue weighted by molar-refractivity contribution is 0.115. The van der Waals surface area contributed by atoms with Crippen LogP contribution in [-0.2, 0) is 0 Å². The molecule has 0 radical (unpaired) electrons. The van der Waals surface area contributed by atoms with Crippen LogP contribution >= 0.6 is 0 Å². The SMILES string of the molecule is CCOc1ccc(F)c(N2CC[C@@H](Oc3cnc(N4CCC(C)C4)cn3)[C@H](C)C2)c1. The Morgan fingerprint density at radius 3 is 2.57 bits per heavy atom. The second-order valence-corrected chi connectivity index (χ2v) is 8.47. The average molecular weight is 415 g/mol. The highest BCUT2D eigenvalue weighted by Crippen LogP contribution is 2.31. The topological polar surface area (TPSA) is 50.7 Å². The van der Waals surface area contributed by atoms with Crippen molar-refractivity contribution in [3.8, 4) is 11.6 Å². The van der Waals surface area contributed by atoms with E-state index in [4.69, 9.17) is 9.47 Å². The van der Waals surface area contributed by atoms with Gasteiger partial charge in [-0.1, -0.05) is 13.8 Å². The number of anilines is 2. The fraction of sp³-hybridized carbons (Fsp3) is 0.565. The van der Waals surface area contributed by atoms with Crippen LogP contribution in [0.1, 0.15) is 33.6 Å². The number of hydrogen-bond donors (Lipinski definition) is 0. The molecule has 0 saturated carbocycles. The predicted molar refractivity (Wildman–Crippen MR) is 116 cm³/mol. The van der Waals surface area contributed by atoms with E-state index in [2.05, 4.69) is 33.6 Å². The van der Waals surface area contributed by atoms with Gasteiger partial charge in [-0.25, -0.2) is 14.4 Å². The number of benzene rings is 1. The molecule has 2 saturated heterocycles. The molecule has 2 fully saturated rings. The molecule has 1 aromatic carbocycles. The van der Waals surface area contributed by atoms with E-state index >= 15 is 0 Å². The summed E-state index contributed by atoms with van der Waals surface area (Å²) in [5, 5.41) is 0. The fourth-order valence-corrected chi connectivity index (χ4v) is 4.34.